The minimum atomic E-state index is -0.342. The van der Waals surface area contributed by atoms with E-state index in [2.05, 4.69) is 5.32 Å². The van der Waals surface area contributed by atoms with Crippen molar-refractivity contribution in [2.24, 2.45) is 0 Å². The van der Waals surface area contributed by atoms with Gasteiger partial charge in [-0.15, -0.1) is 0 Å². The molecule has 0 aromatic heterocycles. The standard InChI is InChI=1S/C10H12FNO/c11-8-3-1-7(2-4-8)10-9(13)5-6-12-10/h1-4,9-10,12-13H,5-6H2. The first-order valence-electron chi connectivity index (χ1n) is 4.44. The average molecular weight is 181 g/mol. The van der Waals surface area contributed by atoms with Crippen LogP contribution in [0.5, 0.6) is 0 Å². The summed E-state index contributed by atoms with van der Waals surface area (Å²) in [6, 6.07) is 6.23. The lowest BCUT2D eigenvalue weighted by Crippen LogP contribution is -2.20. The molecule has 3 heteroatoms. The fourth-order valence-electron chi connectivity index (χ4n) is 1.70. The number of rotatable bonds is 1. The molecule has 0 spiro atoms. The molecule has 2 N–H and O–H groups in total. The highest BCUT2D eigenvalue weighted by molar-refractivity contribution is 5.22. The first-order chi connectivity index (χ1) is 6.27. The summed E-state index contributed by atoms with van der Waals surface area (Å²) in [6.45, 7) is 0.823. The van der Waals surface area contributed by atoms with E-state index < -0.39 is 0 Å². The van der Waals surface area contributed by atoms with E-state index in [0.29, 0.717) is 0 Å². The zero-order valence-electron chi connectivity index (χ0n) is 7.20. The van der Waals surface area contributed by atoms with Gasteiger partial charge < -0.3 is 10.4 Å². The second-order valence-corrected chi connectivity index (χ2v) is 3.34. The van der Waals surface area contributed by atoms with Crippen LogP contribution in [0.25, 0.3) is 0 Å². The Balaban J connectivity index is 2.20. The molecule has 2 nitrogen and oxygen atoms in total. The van der Waals surface area contributed by atoms with E-state index in [9.17, 15) is 9.50 Å². The summed E-state index contributed by atoms with van der Waals surface area (Å²) in [5.41, 5.74) is 0.950. The lowest BCUT2D eigenvalue weighted by Gasteiger charge is -2.14. The predicted molar refractivity (Wildman–Crippen MR) is 47.8 cm³/mol. The molecule has 1 fully saturated rings. The van der Waals surface area contributed by atoms with E-state index in [4.69, 9.17) is 0 Å². The van der Waals surface area contributed by atoms with Crippen LogP contribution in [0, 0.1) is 5.82 Å². The van der Waals surface area contributed by atoms with Crippen LogP contribution in [0.3, 0.4) is 0 Å². The Labute approximate surface area is 76.4 Å². The molecule has 0 saturated carbocycles. The quantitative estimate of drug-likeness (QED) is 0.682. The van der Waals surface area contributed by atoms with Crippen LogP contribution in [0.2, 0.25) is 0 Å². The monoisotopic (exact) mass is 181 g/mol. The van der Waals surface area contributed by atoms with Crippen molar-refractivity contribution < 1.29 is 9.50 Å². The third-order valence-corrected chi connectivity index (χ3v) is 2.42. The van der Waals surface area contributed by atoms with Gasteiger partial charge in [0.1, 0.15) is 5.82 Å². The summed E-state index contributed by atoms with van der Waals surface area (Å²) < 4.78 is 12.6. The van der Waals surface area contributed by atoms with Crippen LogP contribution in [0.1, 0.15) is 18.0 Å². The Morgan fingerprint density at radius 2 is 2.00 bits per heavy atom. The third kappa shape index (κ3) is 1.71. The zero-order chi connectivity index (χ0) is 9.26. The summed E-state index contributed by atoms with van der Waals surface area (Å²) in [4.78, 5) is 0. The number of nitrogens with one attached hydrogen (secondary N) is 1. The Morgan fingerprint density at radius 1 is 1.31 bits per heavy atom. The van der Waals surface area contributed by atoms with Crippen LogP contribution in [-0.4, -0.2) is 17.8 Å². The fraction of sp³-hybridized carbons (Fsp3) is 0.400. The van der Waals surface area contributed by atoms with Crippen molar-refractivity contribution in [3.05, 3.63) is 35.6 Å². The summed E-state index contributed by atoms with van der Waals surface area (Å²) >= 11 is 0. The number of aliphatic hydroxyl groups excluding tert-OH is 1. The molecule has 2 atom stereocenters. The van der Waals surface area contributed by atoms with E-state index in [1.54, 1.807) is 12.1 Å². The van der Waals surface area contributed by atoms with Gasteiger partial charge in [-0.2, -0.15) is 0 Å². The van der Waals surface area contributed by atoms with Gasteiger partial charge in [-0.05, 0) is 30.7 Å². The Hall–Kier alpha value is -0.930. The molecule has 0 amide bonds. The van der Waals surface area contributed by atoms with Crippen molar-refractivity contribution in [1.82, 2.24) is 5.32 Å². The van der Waals surface area contributed by atoms with Crippen LogP contribution < -0.4 is 5.32 Å². The fourth-order valence-corrected chi connectivity index (χ4v) is 1.70. The number of benzene rings is 1. The van der Waals surface area contributed by atoms with Crippen LogP contribution >= 0.6 is 0 Å². The number of hydrogen-bond donors (Lipinski definition) is 2. The first kappa shape index (κ1) is 8.66. The smallest absolute Gasteiger partial charge is 0.123 e. The van der Waals surface area contributed by atoms with Crippen molar-refractivity contribution in [3.63, 3.8) is 0 Å². The van der Waals surface area contributed by atoms with Gasteiger partial charge in [0.05, 0.1) is 12.1 Å². The van der Waals surface area contributed by atoms with Crippen LogP contribution in [-0.2, 0) is 0 Å². The molecule has 1 saturated heterocycles. The number of halogens is 1. The van der Waals surface area contributed by atoms with Gasteiger partial charge in [0.2, 0.25) is 0 Å². The highest BCUT2D eigenvalue weighted by Gasteiger charge is 2.25. The molecular weight excluding hydrogens is 169 g/mol. The highest BCUT2D eigenvalue weighted by Crippen LogP contribution is 2.23. The molecule has 13 heavy (non-hydrogen) atoms. The summed E-state index contributed by atoms with van der Waals surface area (Å²) in [7, 11) is 0. The molecule has 0 aliphatic carbocycles. The second-order valence-electron chi connectivity index (χ2n) is 3.34. The van der Waals surface area contributed by atoms with Gasteiger partial charge in [-0.3, -0.25) is 0 Å². The molecule has 1 heterocycles. The van der Waals surface area contributed by atoms with E-state index >= 15 is 0 Å². The molecule has 1 aromatic carbocycles. The Morgan fingerprint density at radius 3 is 2.54 bits per heavy atom. The summed E-state index contributed by atoms with van der Waals surface area (Å²) in [5, 5.41) is 12.7. The number of hydrogen-bond acceptors (Lipinski definition) is 2. The molecule has 1 aliphatic heterocycles. The van der Waals surface area contributed by atoms with Gasteiger partial charge in [0.15, 0.2) is 0 Å². The molecule has 0 radical (unpaired) electrons. The van der Waals surface area contributed by atoms with Gasteiger partial charge in [-0.1, -0.05) is 12.1 Å². The maximum Gasteiger partial charge on any atom is 0.123 e. The normalized spacial score (nSPS) is 27.8. The third-order valence-electron chi connectivity index (χ3n) is 2.42. The zero-order valence-corrected chi connectivity index (χ0v) is 7.20. The van der Waals surface area contributed by atoms with Crippen LogP contribution in [0.4, 0.5) is 4.39 Å². The molecule has 70 valence electrons. The van der Waals surface area contributed by atoms with Gasteiger partial charge >= 0.3 is 0 Å². The molecular formula is C10H12FNO. The highest BCUT2D eigenvalue weighted by atomic mass is 19.1. The van der Waals surface area contributed by atoms with Gasteiger partial charge in [0, 0.05) is 0 Å². The average Bonchev–Trinajstić information content (AvgIpc) is 2.53. The largest absolute Gasteiger partial charge is 0.391 e. The molecule has 2 rings (SSSR count). The van der Waals surface area contributed by atoms with Gasteiger partial charge in [-0.25, -0.2) is 4.39 Å². The van der Waals surface area contributed by atoms with Crippen molar-refractivity contribution in [2.45, 2.75) is 18.6 Å². The van der Waals surface area contributed by atoms with Crippen LogP contribution in [0.15, 0.2) is 24.3 Å². The predicted octanol–water partition coefficient (Wildman–Crippen LogP) is 1.22. The Kier molecular flexibility index (Phi) is 2.29. The van der Waals surface area contributed by atoms with E-state index in [-0.39, 0.29) is 18.0 Å². The van der Waals surface area contributed by atoms with Crippen molar-refractivity contribution in [1.29, 1.82) is 0 Å². The van der Waals surface area contributed by atoms with E-state index in [0.717, 1.165) is 18.5 Å². The Bertz CT molecular complexity index is 285. The maximum absolute atomic E-state index is 12.6. The minimum Gasteiger partial charge on any atom is -0.391 e. The van der Waals surface area contributed by atoms with E-state index in [1.165, 1.54) is 12.1 Å². The summed E-state index contributed by atoms with van der Waals surface area (Å²) in [5.74, 6) is -0.240. The minimum absolute atomic E-state index is 0.0272. The van der Waals surface area contributed by atoms with E-state index in [1.807, 2.05) is 0 Å². The first-order valence-corrected chi connectivity index (χ1v) is 4.44. The lowest BCUT2D eigenvalue weighted by molar-refractivity contribution is 0.160. The molecule has 1 aromatic rings. The number of aliphatic hydroxyl groups is 1. The SMILES string of the molecule is OC1CCNC1c1ccc(F)cc1. The maximum atomic E-state index is 12.6. The summed E-state index contributed by atoms with van der Waals surface area (Å²) in [6.07, 6.45) is 0.424. The molecule has 1 aliphatic rings. The second kappa shape index (κ2) is 3.44. The van der Waals surface area contributed by atoms with Crippen molar-refractivity contribution in [3.8, 4) is 0 Å². The molecule has 0 bridgehead atoms. The van der Waals surface area contributed by atoms with Crippen molar-refractivity contribution in [2.75, 3.05) is 6.54 Å². The van der Waals surface area contributed by atoms with Gasteiger partial charge in [0.25, 0.3) is 0 Å². The topological polar surface area (TPSA) is 32.3 Å². The molecule has 2 unspecified atom stereocenters. The lowest BCUT2D eigenvalue weighted by atomic mass is 10.0. The van der Waals surface area contributed by atoms with Crippen molar-refractivity contribution >= 4 is 0 Å².